The molecule has 0 aliphatic heterocycles. The molecule has 0 aromatic heterocycles. The molecule has 0 bridgehead atoms. The summed E-state index contributed by atoms with van der Waals surface area (Å²) in [6.45, 7) is 0. The molecular weight excluding hydrogens is 452 g/mol. The molecule has 5 nitrogen and oxygen atoms in total. The van der Waals surface area contributed by atoms with Crippen molar-refractivity contribution in [3.05, 3.63) is 87.9 Å². The Morgan fingerprint density at radius 1 is 0.889 bits per heavy atom. The first-order valence-corrected chi connectivity index (χ1v) is 10.4. The van der Waals surface area contributed by atoms with Crippen LogP contribution < -0.4 is 10.0 Å². The van der Waals surface area contributed by atoms with Crippen molar-refractivity contribution in [1.29, 1.82) is 0 Å². The quantitative estimate of drug-likeness (QED) is 0.547. The van der Waals surface area contributed by atoms with E-state index in [1.165, 1.54) is 18.2 Å². The van der Waals surface area contributed by atoms with Crippen LogP contribution in [0.3, 0.4) is 0 Å². The molecule has 0 heterocycles. The number of para-hydroxylation sites is 1. The van der Waals surface area contributed by atoms with E-state index in [0.717, 1.165) is 4.47 Å². The number of hydrogen-bond acceptors (Lipinski definition) is 3. The van der Waals surface area contributed by atoms with Crippen molar-refractivity contribution in [3.63, 3.8) is 0 Å². The number of hydrogen-bond donors (Lipinski definition) is 2. The molecule has 0 saturated carbocycles. The van der Waals surface area contributed by atoms with Gasteiger partial charge in [0, 0.05) is 15.8 Å². The minimum absolute atomic E-state index is 0.0586. The van der Waals surface area contributed by atoms with Gasteiger partial charge in [-0.3, -0.25) is 9.52 Å². The fraction of sp³-hybridized carbons (Fsp3) is 0. The normalized spacial score (nSPS) is 11.0. The van der Waals surface area contributed by atoms with Crippen molar-refractivity contribution in [2.75, 3.05) is 10.0 Å². The van der Waals surface area contributed by atoms with E-state index in [-0.39, 0.29) is 15.5 Å². The monoisotopic (exact) mass is 464 g/mol. The third-order valence-corrected chi connectivity index (χ3v) is 5.86. The van der Waals surface area contributed by atoms with Crippen LogP contribution in [0.1, 0.15) is 10.4 Å². The van der Waals surface area contributed by atoms with E-state index in [1.54, 1.807) is 54.6 Å². The number of carbonyl (C=O) groups excluding carboxylic acids is 1. The minimum Gasteiger partial charge on any atom is -0.322 e. The summed E-state index contributed by atoms with van der Waals surface area (Å²) in [5, 5.41) is 2.85. The van der Waals surface area contributed by atoms with Gasteiger partial charge in [-0.05, 0) is 54.6 Å². The molecule has 2 N–H and O–H groups in total. The lowest BCUT2D eigenvalue weighted by atomic mass is 10.2. The van der Waals surface area contributed by atoms with Crippen LogP contribution in [0.4, 0.5) is 11.4 Å². The number of sulfonamides is 1. The van der Waals surface area contributed by atoms with Crippen LogP contribution in [0.25, 0.3) is 0 Å². The lowest BCUT2D eigenvalue weighted by Crippen LogP contribution is -2.16. The average Bonchev–Trinajstić information content (AvgIpc) is 2.64. The molecule has 0 aliphatic rings. The van der Waals surface area contributed by atoms with Crippen molar-refractivity contribution in [2.45, 2.75) is 4.90 Å². The molecule has 27 heavy (non-hydrogen) atoms. The summed E-state index contributed by atoms with van der Waals surface area (Å²) in [4.78, 5) is 12.5. The van der Waals surface area contributed by atoms with Gasteiger partial charge in [0.1, 0.15) is 0 Å². The highest BCUT2D eigenvalue weighted by molar-refractivity contribution is 9.10. The first kappa shape index (κ1) is 19.4. The summed E-state index contributed by atoms with van der Waals surface area (Å²) < 4.78 is 28.5. The number of amides is 1. The van der Waals surface area contributed by atoms with Gasteiger partial charge >= 0.3 is 0 Å². The van der Waals surface area contributed by atoms with Gasteiger partial charge in [-0.25, -0.2) is 8.42 Å². The van der Waals surface area contributed by atoms with E-state index in [2.05, 4.69) is 26.0 Å². The van der Waals surface area contributed by atoms with Crippen LogP contribution in [0.15, 0.2) is 82.2 Å². The molecule has 3 aromatic carbocycles. The fourth-order valence-electron chi connectivity index (χ4n) is 2.30. The lowest BCUT2D eigenvalue weighted by molar-refractivity contribution is 0.102. The Bertz CT molecular complexity index is 1070. The third-order valence-electron chi connectivity index (χ3n) is 3.62. The summed E-state index contributed by atoms with van der Waals surface area (Å²) in [5.74, 6) is -0.501. The highest BCUT2D eigenvalue weighted by Gasteiger charge is 2.19. The largest absolute Gasteiger partial charge is 0.322 e. The average molecular weight is 466 g/mol. The van der Waals surface area contributed by atoms with E-state index in [9.17, 15) is 13.2 Å². The third kappa shape index (κ3) is 4.88. The molecule has 0 unspecified atom stereocenters. The summed E-state index contributed by atoms with van der Waals surface area (Å²) in [6, 6.07) is 19.5. The van der Waals surface area contributed by atoms with Crippen LogP contribution in [-0.4, -0.2) is 14.3 Å². The van der Waals surface area contributed by atoms with Gasteiger partial charge in [-0.1, -0.05) is 45.7 Å². The molecule has 0 fully saturated rings. The Hall–Kier alpha value is -2.35. The molecule has 0 saturated heterocycles. The number of carbonyl (C=O) groups is 1. The van der Waals surface area contributed by atoms with E-state index in [1.807, 2.05) is 0 Å². The molecule has 138 valence electrons. The highest BCUT2D eigenvalue weighted by atomic mass is 79.9. The number of benzene rings is 3. The van der Waals surface area contributed by atoms with E-state index in [4.69, 9.17) is 11.6 Å². The van der Waals surface area contributed by atoms with E-state index < -0.39 is 15.9 Å². The number of nitrogens with one attached hydrogen (secondary N) is 2. The SMILES string of the molecule is O=C(Nc1ccc(Br)cc1)c1cc(S(=O)(=O)Nc2ccccc2)ccc1Cl. The fourth-order valence-corrected chi connectivity index (χ4v) is 3.85. The molecule has 0 spiro atoms. The predicted molar refractivity (Wildman–Crippen MR) is 111 cm³/mol. The van der Waals surface area contributed by atoms with Gasteiger partial charge in [0.2, 0.25) is 0 Å². The summed E-state index contributed by atoms with van der Waals surface area (Å²) in [5.41, 5.74) is 1.05. The van der Waals surface area contributed by atoms with Crippen LogP contribution in [-0.2, 0) is 10.0 Å². The molecule has 1 amide bonds. The van der Waals surface area contributed by atoms with Gasteiger partial charge in [0.05, 0.1) is 15.5 Å². The Kier molecular flexibility index (Phi) is 5.84. The molecular formula is C19H14BrClN2O3S. The Morgan fingerprint density at radius 2 is 1.56 bits per heavy atom. The summed E-state index contributed by atoms with van der Waals surface area (Å²) in [6.07, 6.45) is 0. The first-order valence-electron chi connectivity index (χ1n) is 7.79. The number of rotatable bonds is 5. The van der Waals surface area contributed by atoms with Crippen molar-refractivity contribution < 1.29 is 13.2 Å². The highest BCUT2D eigenvalue weighted by Crippen LogP contribution is 2.24. The first-order chi connectivity index (χ1) is 12.8. The summed E-state index contributed by atoms with van der Waals surface area (Å²) >= 11 is 9.43. The zero-order chi connectivity index (χ0) is 19.4. The second-order valence-electron chi connectivity index (χ2n) is 5.57. The van der Waals surface area contributed by atoms with Gasteiger partial charge in [0.15, 0.2) is 0 Å². The second kappa shape index (κ2) is 8.12. The smallest absolute Gasteiger partial charge is 0.261 e. The Morgan fingerprint density at radius 3 is 2.22 bits per heavy atom. The molecule has 0 aliphatic carbocycles. The Labute approximate surface area is 170 Å². The number of anilines is 2. The summed E-state index contributed by atoms with van der Waals surface area (Å²) in [7, 11) is -3.86. The van der Waals surface area contributed by atoms with Crippen molar-refractivity contribution in [1.82, 2.24) is 0 Å². The molecule has 3 aromatic rings. The van der Waals surface area contributed by atoms with Gasteiger partial charge in [-0.15, -0.1) is 0 Å². The predicted octanol–water partition coefficient (Wildman–Crippen LogP) is 5.16. The zero-order valence-corrected chi connectivity index (χ0v) is 17.0. The van der Waals surface area contributed by atoms with Gasteiger partial charge in [0.25, 0.3) is 15.9 Å². The topological polar surface area (TPSA) is 75.3 Å². The Balaban J connectivity index is 1.87. The van der Waals surface area contributed by atoms with Crippen LogP contribution >= 0.6 is 27.5 Å². The maximum atomic E-state index is 12.6. The second-order valence-corrected chi connectivity index (χ2v) is 8.58. The van der Waals surface area contributed by atoms with Crippen LogP contribution in [0.2, 0.25) is 5.02 Å². The van der Waals surface area contributed by atoms with Crippen LogP contribution in [0, 0.1) is 0 Å². The van der Waals surface area contributed by atoms with Gasteiger partial charge < -0.3 is 5.32 Å². The molecule has 0 atom stereocenters. The molecule has 8 heteroatoms. The lowest BCUT2D eigenvalue weighted by Gasteiger charge is -2.11. The van der Waals surface area contributed by atoms with Crippen molar-refractivity contribution in [3.8, 4) is 0 Å². The minimum atomic E-state index is -3.86. The standard InChI is InChI=1S/C19H14BrClN2O3S/c20-13-6-8-14(9-7-13)22-19(24)17-12-16(10-11-18(17)21)27(25,26)23-15-4-2-1-3-5-15/h1-12,23H,(H,22,24). The van der Waals surface area contributed by atoms with Crippen molar-refractivity contribution >= 4 is 54.8 Å². The van der Waals surface area contributed by atoms with Crippen LogP contribution in [0.5, 0.6) is 0 Å². The van der Waals surface area contributed by atoms with Crippen molar-refractivity contribution in [2.24, 2.45) is 0 Å². The zero-order valence-electron chi connectivity index (χ0n) is 13.8. The maximum absolute atomic E-state index is 12.6. The molecule has 0 radical (unpaired) electrons. The van der Waals surface area contributed by atoms with E-state index in [0.29, 0.717) is 11.4 Å². The van der Waals surface area contributed by atoms with Gasteiger partial charge in [-0.2, -0.15) is 0 Å². The maximum Gasteiger partial charge on any atom is 0.261 e. The number of halogens is 2. The molecule has 3 rings (SSSR count). The van der Waals surface area contributed by atoms with E-state index >= 15 is 0 Å².